The molecule has 0 amide bonds. The Balaban J connectivity index is 0.00000128. The second-order valence-corrected chi connectivity index (χ2v) is 4.69. The van der Waals surface area contributed by atoms with Gasteiger partial charge in [0.05, 0.1) is 0 Å². The molecule has 0 aromatic heterocycles. The first-order valence-electron chi connectivity index (χ1n) is 6.06. The third kappa shape index (κ3) is 4.45. The van der Waals surface area contributed by atoms with Crippen molar-refractivity contribution in [3.05, 3.63) is 0 Å². The molecular formula is C11H23IN4. The number of guanidine groups is 1. The van der Waals surface area contributed by atoms with Crippen LogP contribution in [0.1, 0.15) is 26.2 Å². The van der Waals surface area contributed by atoms with E-state index in [2.05, 4.69) is 22.1 Å². The Morgan fingerprint density at radius 2 is 2.19 bits per heavy atom. The summed E-state index contributed by atoms with van der Waals surface area (Å²) in [6.45, 7) is 6.69. The number of hydrogen-bond acceptors (Lipinski definition) is 2. The summed E-state index contributed by atoms with van der Waals surface area (Å²) in [5.74, 6) is 1.36. The predicted molar refractivity (Wildman–Crippen MR) is 78.3 cm³/mol. The summed E-state index contributed by atoms with van der Waals surface area (Å²) in [7, 11) is 0. The molecule has 94 valence electrons. The van der Waals surface area contributed by atoms with E-state index < -0.39 is 0 Å². The van der Waals surface area contributed by atoms with Crippen LogP contribution in [0.3, 0.4) is 0 Å². The van der Waals surface area contributed by atoms with Gasteiger partial charge in [-0.2, -0.15) is 0 Å². The van der Waals surface area contributed by atoms with Crippen LogP contribution in [0.2, 0.25) is 0 Å². The van der Waals surface area contributed by atoms with Gasteiger partial charge in [-0.15, -0.1) is 24.0 Å². The molecule has 16 heavy (non-hydrogen) atoms. The summed E-state index contributed by atoms with van der Waals surface area (Å²) >= 11 is 0. The molecule has 3 N–H and O–H groups in total. The molecule has 0 aromatic rings. The van der Waals surface area contributed by atoms with Crippen LogP contribution < -0.4 is 11.1 Å². The molecule has 2 fully saturated rings. The summed E-state index contributed by atoms with van der Waals surface area (Å²) < 4.78 is 0. The second-order valence-electron chi connectivity index (χ2n) is 4.69. The van der Waals surface area contributed by atoms with E-state index in [0.717, 1.165) is 13.1 Å². The largest absolute Gasteiger partial charge is 0.370 e. The first-order valence-corrected chi connectivity index (χ1v) is 6.06. The number of hydrogen-bond donors (Lipinski definition) is 2. The van der Waals surface area contributed by atoms with E-state index in [1.165, 1.54) is 32.4 Å². The summed E-state index contributed by atoms with van der Waals surface area (Å²) in [6.07, 6.45) is 3.78. The van der Waals surface area contributed by atoms with Crippen LogP contribution in [-0.4, -0.2) is 43.1 Å². The Labute approximate surface area is 115 Å². The zero-order valence-corrected chi connectivity index (χ0v) is 12.3. The van der Waals surface area contributed by atoms with E-state index in [0.29, 0.717) is 17.9 Å². The highest BCUT2D eigenvalue weighted by molar-refractivity contribution is 14.0. The highest BCUT2D eigenvalue weighted by Crippen LogP contribution is 2.18. The number of nitrogens with zero attached hydrogens (tertiary/aromatic N) is 2. The topological polar surface area (TPSA) is 53.6 Å². The molecule has 0 bridgehead atoms. The zero-order valence-electron chi connectivity index (χ0n) is 9.98. The van der Waals surface area contributed by atoms with Gasteiger partial charge in [-0.25, -0.2) is 0 Å². The van der Waals surface area contributed by atoms with Gasteiger partial charge in [-0.05, 0) is 38.3 Å². The van der Waals surface area contributed by atoms with Crippen LogP contribution in [0.5, 0.6) is 0 Å². The van der Waals surface area contributed by atoms with Crippen molar-refractivity contribution in [1.29, 1.82) is 0 Å². The fourth-order valence-electron chi connectivity index (χ4n) is 2.06. The van der Waals surface area contributed by atoms with Crippen molar-refractivity contribution in [1.82, 2.24) is 10.2 Å². The van der Waals surface area contributed by atoms with Gasteiger partial charge in [0.25, 0.3) is 0 Å². The lowest BCUT2D eigenvalue weighted by atomic mass is 10.1. The van der Waals surface area contributed by atoms with Crippen LogP contribution in [-0.2, 0) is 0 Å². The van der Waals surface area contributed by atoms with Gasteiger partial charge in [0.1, 0.15) is 0 Å². The van der Waals surface area contributed by atoms with E-state index in [1.807, 2.05) is 0 Å². The number of halogens is 1. The molecule has 1 saturated heterocycles. The molecule has 1 heterocycles. The van der Waals surface area contributed by atoms with Gasteiger partial charge >= 0.3 is 0 Å². The van der Waals surface area contributed by atoms with Crippen LogP contribution in [0.25, 0.3) is 0 Å². The second kappa shape index (κ2) is 6.64. The van der Waals surface area contributed by atoms with E-state index in [4.69, 9.17) is 5.73 Å². The summed E-state index contributed by atoms with van der Waals surface area (Å²) in [6, 6.07) is 0.615. The van der Waals surface area contributed by atoms with Crippen molar-refractivity contribution >= 4 is 29.9 Å². The Morgan fingerprint density at radius 3 is 2.75 bits per heavy atom. The van der Waals surface area contributed by atoms with Crippen molar-refractivity contribution in [2.24, 2.45) is 16.6 Å². The molecule has 4 nitrogen and oxygen atoms in total. The minimum Gasteiger partial charge on any atom is -0.370 e. The Hall–Kier alpha value is -0.0400. The minimum atomic E-state index is 0. The Kier molecular flexibility index (Phi) is 5.82. The molecule has 1 saturated carbocycles. The van der Waals surface area contributed by atoms with Crippen molar-refractivity contribution in [2.75, 3.05) is 26.2 Å². The molecule has 1 atom stereocenters. The summed E-state index contributed by atoms with van der Waals surface area (Å²) in [5.41, 5.74) is 5.79. The quantitative estimate of drug-likeness (QED) is 0.457. The van der Waals surface area contributed by atoms with Crippen molar-refractivity contribution in [3.63, 3.8) is 0 Å². The number of likely N-dealkylation sites (tertiary alicyclic amines) is 1. The SMILES string of the molecule is CCN1CCC(CN=C(N)NC2CC2)C1.I. The van der Waals surface area contributed by atoms with Crippen molar-refractivity contribution in [2.45, 2.75) is 32.2 Å². The lowest BCUT2D eigenvalue weighted by molar-refractivity contribution is 0.343. The van der Waals surface area contributed by atoms with E-state index >= 15 is 0 Å². The molecule has 5 heteroatoms. The first-order chi connectivity index (χ1) is 7.28. The van der Waals surface area contributed by atoms with Gasteiger partial charge < -0.3 is 16.0 Å². The summed E-state index contributed by atoms with van der Waals surface area (Å²) in [5, 5.41) is 3.22. The molecular weight excluding hydrogens is 315 g/mol. The highest BCUT2D eigenvalue weighted by atomic mass is 127. The van der Waals surface area contributed by atoms with E-state index in [9.17, 15) is 0 Å². The third-order valence-electron chi connectivity index (χ3n) is 3.27. The minimum absolute atomic E-state index is 0. The molecule has 0 radical (unpaired) electrons. The van der Waals surface area contributed by atoms with Gasteiger partial charge in [-0.1, -0.05) is 6.92 Å². The highest BCUT2D eigenvalue weighted by Gasteiger charge is 2.22. The maximum Gasteiger partial charge on any atom is 0.188 e. The van der Waals surface area contributed by atoms with Gasteiger partial charge in [0.15, 0.2) is 5.96 Å². The lowest BCUT2D eigenvalue weighted by Gasteiger charge is -2.11. The molecule has 2 aliphatic rings. The first kappa shape index (κ1) is 14.0. The standard InChI is InChI=1S/C11H22N4.HI/c1-2-15-6-5-9(8-15)7-13-11(12)14-10-3-4-10;/h9-10H,2-8H2,1H3,(H3,12,13,14);1H. The van der Waals surface area contributed by atoms with Crippen LogP contribution in [0.15, 0.2) is 4.99 Å². The number of aliphatic imine (C=N–C) groups is 1. The van der Waals surface area contributed by atoms with Crippen molar-refractivity contribution < 1.29 is 0 Å². The maximum absolute atomic E-state index is 5.79. The molecule has 1 unspecified atom stereocenters. The molecule has 0 aromatic carbocycles. The van der Waals surface area contributed by atoms with Gasteiger partial charge in [-0.3, -0.25) is 4.99 Å². The molecule has 0 spiro atoms. The number of nitrogens with one attached hydrogen (secondary N) is 1. The van der Waals surface area contributed by atoms with Gasteiger partial charge in [0.2, 0.25) is 0 Å². The number of rotatable bonds is 4. The monoisotopic (exact) mass is 338 g/mol. The van der Waals surface area contributed by atoms with Gasteiger partial charge in [0, 0.05) is 19.1 Å². The summed E-state index contributed by atoms with van der Waals surface area (Å²) in [4.78, 5) is 6.89. The fourth-order valence-corrected chi connectivity index (χ4v) is 2.06. The molecule has 2 rings (SSSR count). The van der Waals surface area contributed by atoms with Crippen LogP contribution in [0.4, 0.5) is 0 Å². The smallest absolute Gasteiger partial charge is 0.188 e. The van der Waals surface area contributed by atoms with E-state index in [1.54, 1.807) is 0 Å². The zero-order chi connectivity index (χ0) is 10.7. The average molecular weight is 338 g/mol. The molecule has 1 aliphatic carbocycles. The van der Waals surface area contributed by atoms with E-state index in [-0.39, 0.29) is 24.0 Å². The lowest BCUT2D eigenvalue weighted by Crippen LogP contribution is -2.34. The average Bonchev–Trinajstić information content (AvgIpc) is 2.92. The molecule has 1 aliphatic heterocycles. The van der Waals surface area contributed by atoms with Crippen LogP contribution >= 0.6 is 24.0 Å². The number of nitrogens with two attached hydrogens (primary N) is 1. The normalized spacial score (nSPS) is 26.6. The Morgan fingerprint density at radius 1 is 1.44 bits per heavy atom. The van der Waals surface area contributed by atoms with Crippen molar-refractivity contribution in [3.8, 4) is 0 Å². The fraction of sp³-hybridized carbons (Fsp3) is 0.909. The maximum atomic E-state index is 5.79. The predicted octanol–water partition coefficient (Wildman–Crippen LogP) is 1.01. The third-order valence-corrected chi connectivity index (χ3v) is 3.27. The van der Waals surface area contributed by atoms with Crippen LogP contribution in [0, 0.1) is 5.92 Å². The Bertz CT molecular complexity index is 240.